The first-order valence-corrected chi connectivity index (χ1v) is 8.14. The van der Waals surface area contributed by atoms with Crippen LogP contribution >= 0.6 is 0 Å². The third-order valence-corrected chi connectivity index (χ3v) is 4.40. The Bertz CT molecular complexity index is 425. The molecule has 1 heterocycles. The molecule has 2 heteroatoms. The first-order chi connectivity index (χ1) is 9.60. The fourth-order valence-electron chi connectivity index (χ4n) is 3.37. The Kier molecular flexibility index (Phi) is 5.47. The fourth-order valence-corrected chi connectivity index (χ4v) is 3.37. The summed E-state index contributed by atoms with van der Waals surface area (Å²) in [4.78, 5) is 2.57. The van der Waals surface area contributed by atoms with Crippen LogP contribution in [-0.2, 0) is 6.42 Å². The van der Waals surface area contributed by atoms with Gasteiger partial charge in [-0.15, -0.1) is 0 Å². The van der Waals surface area contributed by atoms with E-state index >= 15 is 0 Å². The molecule has 1 aromatic rings. The first kappa shape index (κ1) is 15.4. The second-order valence-electron chi connectivity index (χ2n) is 6.74. The van der Waals surface area contributed by atoms with Gasteiger partial charge in [-0.2, -0.15) is 0 Å². The van der Waals surface area contributed by atoms with Crippen LogP contribution in [0, 0.1) is 18.8 Å². The van der Waals surface area contributed by atoms with Gasteiger partial charge >= 0.3 is 0 Å². The maximum Gasteiger partial charge on any atom is 0.0398 e. The van der Waals surface area contributed by atoms with Crippen LogP contribution in [0.2, 0.25) is 0 Å². The molecule has 1 unspecified atom stereocenters. The van der Waals surface area contributed by atoms with Gasteiger partial charge in [-0.1, -0.05) is 31.5 Å². The van der Waals surface area contributed by atoms with Crippen LogP contribution in [0.1, 0.15) is 44.2 Å². The summed E-state index contributed by atoms with van der Waals surface area (Å²) in [7, 11) is 0. The monoisotopic (exact) mass is 274 g/mol. The molecule has 1 aliphatic rings. The van der Waals surface area contributed by atoms with Crippen molar-refractivity contribution in [3.8, 4) is 0 Å². The normalized spacial score (nSPS) is 16.4. The van der Waals surface area contributed by atoms with E-state index in [4.69, 9.17) is 5.73 Å². The Hall–Kier alpha value is -1.02. The van der Waals surface area contributed by atoms with E-state index in [1.165, 1.54) is 49.0 Å². The summed E-state index contributed by atoms with van der Waals surface area (Å²) < 4.78 is 0. The highest BCUT2D eigenvalue weighted by atomic mass is 15.1. The Labute approximate surface area is 124 Å². The van der Waals surface area contributed by atoms with Gasteiger partial charge in [-0.25, -0.2) is 0 Å². The second kappa shape index (κ2) is 7.12. The number of fused-ring (bicyclic) bond motifs is 1. The van der Waals surface area contributed by atoms with Crippen LogP contribution in [0.3, 0.4) is 0 Å². The highest BCUT2D eigenvalue weighted by Gasteiger charge is 2.18. The third-order valence-electron chi connectivity index (χ3n) is 4.40. The lowest BCUT2D eigenvalue weighted by atomic mass is 9.93. The van der Waals surface area contributed by atoms with Crippen LogP contribution in [0.25, 0.3) is 0 Å². The van der Waals surface area contributed by atoms with Crippen LogP contribution in [0.5, 0.6) is 0 Å². The van der Waals surface area contributed by atoms with Crippen molar-refractivity contribution in [1.29, 1.82) is 0 Å². The zero-order valence-corrected chi connectivity index (χ0v) is 13.4. The van der Waals surface area contributed by atoms with Crippen molar-refractivity contribution in [2.24, 2.45) is 17.6 Å². The average molecular weight is 274 g/mol. The first-order valence-electron chi connectivity index (χ1n) is 8.14. The molecule has 2 rings (SSSR count). The van der Waals surface area contributed by atoms with Gasteiger partial charge in [0.05, 0.1) is 0 Å². The van der Waals surface area contributed by atoms with Crippen LogP contribution in [0.15, 0.2) is 18.2 Å². The largest absolute Gasteiger partial charge is 0.371 e. The molecule has 1 atom stereocenters. The van der Waals surface area contributed by atoms with Crippen molar-refractivity contribution in [3.05, 3.63) is 29.3 Å². The highest BCUT2D eigenvalue weighted by Crippen LogP contribution is 2.28. The molecule has 0 bridgehead atoms. The van der Waals surface area contributed by atoms with E-state index in [2.05, 4.69) is 43.9 Å². The van der Waals surface area contributed by atoms with Crippen molar-refractivity contribution >= 4 is 5.69 Å². The molecule has 0 spiro atoms. The quantitative estimate of drug-likeness (QED) is 0.856. The van der Waals surface area contributed by atoms with Crippen molar-refractivity contribution in [3.63, 3.8) is 0 Å². The van der Waals surface area contributed by atoms with Crippen LogP contribution < -0.4 is 10.6 Å². The van der Waals surface area contributed by atoms with E-state index in [1.807, 2.05) is 0 Å². The minimum atomic E-state index is 0.672. The molecule has 0 fully saturated rings. The number of nitrogens with two attached hydrogens (primary N) is 1. The summed E-state index contributed by atoms with van der Waals surface area (Å²) in [6.45, 7) is 9.96. The zero-order chi connectivity index (χ0) is 14.5. The molecule has 0 saturated carbocycles. The molecule has 1 aromatic carbocycles. The van der Waals surface area contributed by atoms with E-state index < -0.39 is 0 Å². The molecule has 2 nitrogen and oxygen atoms in total. The predicted molar refractivity (Wildman–Crippen MR) is 88.3 cm³/mol. The molecular formula is C18H30N2. The molecular weight excluding hydrogens is 244 g/mol. The van der Waals surface area contributed by atoms with Crippen molar-refractivity contribution in [2.45, 2.75) is 46.5 Å². The zero-order valence-electron chi connectivity index (χ0n) is 13.4. The number of nitrogens with zero attached hydrogens (tertiary/aromatic N) is 1. The highest BCUT2D eigenvalue weighted by molar-refractivity contribution is 5.56. The molecule has 0 amide bonds. The lowest BCUT2D eigenvalue weighted by Crippen LogP contribution is -2.32. The van der Waals surface area contributed by atoms with Crippen molar-refractivity contribution in [1.82, 2.24) is 0 Å². The minimum Gasteiger partial charge on any atom is -0.371 e. The number of benzene rings is 1. The van der Waals surface area contributed by atoms with Gasteiger partial charge in [0, 0.05) is 18.8 Å². The van der Waals surface area contributed by atoms with Gasteiger partial charge in [-0.05, 0) is 62.6 Å². The number of anilines is 1. The van der Waals surface area contributed by atoms with Crippen LogP contribution in [0.4, 0.5) is 5.69 Å². The molecule has 0 saturated heterocycles. The lowest BCUT2D eigenvalue weighted by Gasteiger charge is -2.33. The maximum absolute atomic E-state index is 5.93. The number of rotatable bonds is 6. The van der Waals surface area contributed by atoms with Crippen molar-refractivity contribution in [2.75, 3.05) is 24.5 Å². The van der Waals surface area contributed by atoms with Gasteiger partial charge in [-0.3, -0.25) is 0 Å². The molecule has 112 valence electrons. The van der Waals surface area contributed by atoms with E-state index in [1.54, 1.807) is 0 Å². The molecule has 0 radical (unpaired) electrons. The Morgan fingerprint density at radius 2 is 2.10 bits per heavy atom. The standard InChI is InChI=1S/C18H30N2/c1-14(2)11-16(13-19)8-10-20-9-4-5-17-12-15(3)6-7-18(17)20/h6-7,12,14,16H,4-5,8-11,13,19H2,1-3H3. The Balaban J connectivity index is 1.97. The summed E-state index contributed by atoms with van der Waals surface area (Å²) in [5.41, 5.74) is 10.3. The molecule has 0 aromatic heterocycles. The molecule has 2 N–H and O–H groups in total. The van der Waals surface area contributed by atoms with Gasteiger partial charge in [0.1, 0.15) is 0 Å². The van der Waals surface area contributed by atoms with Gasteiger partial charge in [0.15, 0.2) is 0 Å². The summed E-state index contributed by atoms with van der Waals surface area (Å²) in [5.74, 6) is 1.42. The fraction of sp³-hybridized carbons (Fsp3) is 0.667. The SMILES string of the molecule is Cc1ccc2c(c1)CCCN2CCC(CN)CC(C)C. The maximum atomic E-state index is 5.93. The topological polar surface area (TPSA) is 29.3 Å². The number of hydrogen-bond donors (Lipinski definition) is 1. The lowest BCUT2D eigenvalue weighted by molar-refractivity contribution is 0.393. The van der Waals surface area contributed by atoms with Crippen molar-refractivity contribution < 1.29 is 0 Å². The molecule has 20 heavy (non-hydrogen) atoms. The van der Waals surface area contributed by atoms with E-state index in [9.17, 15) is 0 Å². The van der Waals surface area contributed by atoms with E-state index in [-0.39, 0.29) is 0 Å². The summed E-state index contributed by atoms with van der Waals surface area (Å²) in [6, 6.07) is 6.91. The third kappa shape index (κ3) is 3.99. The Morgan fingerprint density at radius 1 is 1.30 bits per heavy atom. The van der Waals surface area contributed by atoms with Gasteiger partial charge < -0.3 is 10.6 Å². The minimum absolute atomic E-state index is 0.672. The Morgan fingerprint density at radius 3 is 2.80 bits per heavy atom. The second-order valence-corrected chi connectivity index (χ2v) is 6.74. The summed E-state index contributed by atoms with van der Waals surface area (Å²) >= 11 is 0. The van der Waals surface area contributed by atoms with Gasteiger partial charge in [0.2, 0.25) is 0 Å². The summed E-state index contributed by atoms with van der Waals surface area (Å²) in [6.07, 6.45) is 5.00. The number of aryl methyl sites for hydroxylation is 2. The average Bonchev–Trinajstić information content (AvgIpc) is 2.42. The number of hydrogen-bond acceptors (Lipinski definition) is 2. The van der Waals surface area contributed by atoms with E-state index in [0.717, 1.165) is 19.0 Å². The van der Waals surface area contributed by atoms with Gasteiger partial charge in [0.25, 0.3) is 0 Å². The smallest absolute Gasteiger partial charge is 0.0398 e. The molecule has 0 aliphatic carbocycles. The predicted octanol–water partition coefficient (Wildman–Crippen LogP) is 3.76. The van der Waals surface area contributed by atoms with Crippen LogP contribution in [-0.4, -0.2) is 19.6 Å². The van der Waals surface area contributed by atoms with E-state index in [0.29, 0.717) is 5.92 Å². The summed E-state index contributed by atoms with van der Waals surface area (Å²) in [5, 5.41) is 0. The molecule has 1 aliphatic heterocycles.